The molecule has 0 saturated heterocycles. The van der Waals surface area contributed by atoms with Crippen LogP contribution in [-0.4, -0.2) is 38.5 Å². The summed E-state index contributed by atoms with van der Waals surface area (Å²) in [6, 6.07) is 6.52. The summed E-state index contributed by atoms with van der Waals surface area (Å²) in [5.74, 6) is 0.704. The Morgan fingerprint density at radius 3 is 2.54 bits per heavy atom. The zero-order valence-electron chi connectivity index (χ0n) is 14.5. The van der Waals surface area contributed by atoms with Gasteiger partial charge < -0.3 is 10.6 Å². The summed E-state index contributed by atoms with van der Waals surface area (Å²) in [5.41, 5.74) is 0.790. The third-order valence-electron chi connectivity index (χ3n) is 3.23. The number of rotatable bonds is 7. The largest absolute Gasteiger partial charge is 0.357 e. The molecule has 0 unspecified atom stereocenters. The SMILES string of the molecule is CCNC(=NCc1cccc(S(N)(=O)=O)c1)NCC(C)(C)SC.I. The van der Waals surface area contributed by atoms with Crippen molar-refractivity contribution in [2.45, 2.75) is 37.0 Å². The van der Waals surface area contributed by atoms with E-state index in [2.05, 4.69) is 35.7 Å². The third kappa shape index (κ3) is 8.54. The molecule has 0 fully saturated rings. The second-order valence-corrected chi connectivity index (χ2v) is 8.78. The molecule has 4 N–H and O–H groups in total. The first-order valence-corrected chi connectivity index (χ1v) is 10.1. The van der Waals surface area contributed by atoms with E-state index in [0.717, 1.165) is 18.7 Å². The van der Waals surface area contributed by atoms with E-state index in [0.29, 0.717) is 12.5 Å². The van der Waals surface area contributed by atoms with E-state index in [-0.39, 0.29) is 33.6 Å². The van der Waals surface area contributed by atoms with Crippen molar-refractivity contribution in [2.75, 3.05) is 19.3 Å². The zero-order valence-corrected chi connectivity index (χ0v) is 18.5. The van der Waals surface area contributed by atoms with Crippen LogP contribution < -0.4 is 15.8 Å². The number of guanidine groups is 1. The molecule has 0 bridgehead atoms. The quantitative estimate of drug-likeness (QED) is 0.312. The number of hydrogen-bond donors (Lipinski definition) is 3. The summed E-state index contributed by atoms with van der Waals surface area (Å²) < 4.78 is 22.9. The molecular formula is C15H27IN4O2S2. The highest BCUT2D eigenvalue weighted by Gasteiger charge is 2.16. The summed E-state index contributed by atoms with van der Waals surface area (Å²) in [6.45, 7) is 8.21. The van der Waals surface area contributed by atoms with Crippen molar-refractivity contribution in [1.29, 1.82) is 0 Å². The molecule has 1 rings (SSSR count). The summed E-state index contributed by atoms with van der Waals surface area (Å²) in [5, 5.41) is 11.6. The fourth-order valence-electron chi connectivity index (χ4n) is 1.70. The molecule has 0 spiro atoms. The Kier molecular flexibility index (Phi) is 10.2. The second kappa shape index (κ2) is 10.5. The minimum absolute atomic E-state index is 0. The predicted molar refractivity (Wildman–Crippen MR) is 114 cm³/mol. The molecule has 0 aliphatic carbocycles. The fourth-order valence-corrected chi connectivity index (χ4v) is 2.50. The molecule has 0 atom stereocenters. The third-order valence-corrected chi connectivity index (χ3v) is 5.39. The molecule has 0 aliphatic rings. The van der Waals surface area contributed by atoms with E-state index >= 15 is 0 Å². The van der Waals surface area contributed by atoms with Crippen LogP contribution >= 0.6 is 35.7 Å². The molecule has 0 aliphatic heterocycles. The number of primary sulfonamides is 1. The summed E-state index contributed by atoms with van der Waals surface area (Å²) >= 11 is 1.78. The van der Waals surface area contributed by atoms with Gasteiger partial charge in [-0.15, -0.1) is 24.0 Å². The highest BCUT2D eigenvalue weighted by molar-refractivity contribution is 14.0. The number of benzene rings is 1. The van der Waals surface area contributed by atoms with Crippen LogP contribution in [0.3, 0.4) is 0 Å². The molecule has 138 valence electrons. The van der Waals surface area contributed by atoms with Crippen molar-refractivity contribution in [3.63, 3.8) is 0 Å². The second-order valence-electron chi connectivity index (χ2n) is 5.70. The van der Waals surface area contributed by atoms with E-state index < -0.39 is 10.0 Å². The number of hydrogen-bond acceptors (Lipinski definition) is 4. The van der Waals surface area contributed by atoms with E-state index in [1.807, 2.05) is 13.0 Å². The lowest BCUT2D eigenvalue weighted by Crippen LogP contribution is -2.43. The Morgan fingerprint density at radius 2 is 2.00 bits per heavy atom. The van der Waals surface area contributed by atoms with Crippen LogP contribution in [0.1, 0.15) is 26.3 Å². The first kappa shape index (κ1) is 23.5. The van der Waals surface area contributed by atoms with E-state index in [4.69, 9.17) is 5.14 Å². The van der Waals surface area contributed by atoms with Crippen molar-refractivity contribution in [1.82, 2.24) is 10.6 Å². The predicted octanol–water partition coefficient (Wildman–Crippen LogP) is 2.15. The number of halogens is 1. The number of nitrogens with two attached hydrogens (primary N) is 1. The molecular weight excluding hydrogens is 459 g/mol. The lowest BCUT2D eigenvalue weighted by atomic mass is 10.2. The van der Waals surface area contributed by atoms with Crippen LogP contribution in [0, 0.1) is 0 Å². The van der Waals surface area contributed by atoms with Crippen molar-refractivity contribution >= 4 is 51.7 Å². The van der Waals surface area contributed by atoms with Gasteiger partial charge in [0.15, 0.2) is 5.96 Å². The standard InChI is InChI=1S/C15H26N4O2S2.HI/c1-5-17-14(19-11-15(2,3)22-4)18-10-12-7-6-8-13(9-12)23(16,20)21;/h6-9H,5,10-11H2,1-4H3,(H2,16,20,21)(H2,17,18,19);1H. The van der Waals surface area contributed by atoms with Crippen LogP contribution in [0.15, 0.2) is 34.2 Å². The number of aliphatic imine (C=N–C) groups is 1. The molecule has 24 heavy (non-hydrogen) atoms. The molecule has 1 aromatic carbocycles. The van der Waals surface area contributed by atoms with E-state index in [9.17, 15) is 8.42 Å². The average Bonchev–Trinajstić information content (AvgIpc) is 2.49. The van der Waals surface area contributed by atoms with Crippen LogP contribution in [-0.2, 0) is 16.6 Å². The van der Waals surface area contributed by atoms with Crippen molar-refractivity contribution in [2.24, 2.45) is 10.1 Å². The minimum Gasteiger partial charge on any atom is -0.357 e. The van der Waals surface area contributed by atoms with Gasteiger partial charge in [-0.25, -0.2) is 18.5 Å². The van der Waals surface area contributed by atoms with Gasteiger partial charge in [-0.05, 0) is 44.7 Å². The molecule has 0 amide bonds. The lowest BCUT2D eigenvalue weighted by Gasteiger charge is -2.23. The van der Waals surface area contributed by atoms with Crippen molar-refractivity contribution < 1.29 is 8.42 Å². The van der Waals surface area contributed by atoms with Crippen LogP contribution in [0.2, 0.25) is 0 Å². The maximum atomic E-state index is 11.4. The van der Waals surface area contributed by atoms with Crippen LogP contribution in [0.5, 0.6) is 0 Å². The normalized spacial score (nSPS) is 12.5. The monoisotopic (exact) mass is 486 g/mol. The van der Waals surface area contributed by atoms with Crippen molar-refractivity contribution in [3.05, 3.63) is 29.8 Å². The van der Waals surface area contributed by atoms with Gasteiger partial charge >= 0.3 is 0 Å². The maximum Gasteiger partial charge on any atom is 0.238 e. The molecule has 1 aromatic rings. The zero-order chi connectivity index (χ0) is 17.5. The Morgan fingerprint density at radius 1 is 1.33 bits per heavy atom. The highest BCUT2D eigenvalue weighted by atomic mass is 127. The van der Waals surface area contributed by atoms with Gasteiger partial charge in [-0.2, -0.15) is 11.8 Å². The van der Waals surface area contributed by atoms with Gasteiger partial charge in [-0.3, -0.25) is 0 Å². The van der Waals surface area contributed by atoms with Crippen LogP contribution in [0.25, 0.3) is 0 Å². The molecule has 0 radical (unpaired) electrons. The fraction of sp³-hybridized carbons (Fsp3) is 0.533. The first-order chi connectivity index (χ1) is 10.7. The number of nitrogens with zero attached hydrogens (tertiary/aromatic N) is 1. The first-order valence-electron chi connectivity index (χ1n) is 7.37. The molecule has 6 nitrogen and oxygen atoms in total. The smallest absolute Gasteiger partial charge is 0.238 e. The Hall–Kier alpha value is -0.520. The Bertz CT molecular complexity index is 649. The van der Waals surface area contributed by atoms with Gasteiger partial charge in [0.2, 0.25) is 10.0 Å². The van der Waals surface area contributed by atoms with Gasteiger partial charge in [0.05, 0.1) is 11.4 Å². The minimum atomic E-state index is -3.69. The van der Waals surface area contributed by atoms with E-state index in [1.165, 1.54) is 6.07 Å². The number of sulfonamides is 1. The molecule has 0 saturated carbocycles. The van der Waals surface area contributed by atoms with Crippen LogP contribution in [0.4, 0.5) is 0 Å². The number of nitrogens with one attached hydrogen (secondary N) is 2. The van der Waals surface area contributed by atoms with Gasteiger partial charge in [0, 0.05) is 17.8 Å². The highest BCUT2D eigenvalue weighted by Crippen LogP contribution is 2.19. The molecule has 0 heterocycles. The summed E-state index contributed by atoms with van der Waals surface area (Å²) in [6.07, 6.45) is 2.07. The summed E-state index contributed by atoms with van der Waals surface area (Å²) in [4.78, 5) is 4.60. The Balaban J connectivity index is 0.00000529. The van der Waals surface area contributed by atoms with Gasteiger partial charge in [-0.1, -0.05) is 12.1 Å². The lowest BCUT2D eigenvalue weighted by molar-refractivity contribution is 0.597. The van der Waals surface area contributed by atoms with E-state index in [1.54, 1.807) is 23.9 Å². The molecule has 0 aromatic heterocycles. The van der Waals surface area contributed by atoms with Gasteiger partial charge in [0.1, 0.15) is 0 Å². The Labute approximate surface area is 166 Å². The van der Waals surface area contributed by atoms with Crippen molar-refractivity contribution in [3.8, 4) is 0 Å². The molecule has 9 heteroatoms. The summed E-state index contributed by atoms with van der Waals surface area (Å²) in [7, 11) is -3.69. The maximum absolute atomic E-state index is 11.4. The number of thioether (sulfide) groups is 1. The van der Waals surface area contributed by atoms with Gasteiger partial charge in [0.25, 0.3) is 0 Å². The average molecular weight is 486 g/mol. The topological polar surface area (TPSA) is 96.6 Å².